The predicted molar refractivity (Wildman–Crippen MR) is 94.6 cm³/mol. The summed E-state index contributed by atoms with van der Waals surface area (Å²) in [4.78, 5) is 13.9. The summed E-state index contributed by atoms with van der Waals surface area (Å²) in [5.41, 5.74) is 2.11. The summed E-state index contributed by atoms with van der Waals surface area (Å²) >= 11 is 11.8. The van der Waals surface area contributed by atoms with Gasteiger partial charge in [-0.3, -0.25) is 4.79 Å². The number of carbonyl (C=O) groups excluding carboxylic acids is 1. The van der Waals surface area contributed by atoms with Crippen molar-refractivity contribution in [2.24, 2.45) is 0 Å². The second-order valence-electron chi connectivity index (χ2n) is 5.20. The molecule has 0 radical (unpaired) electrons. The molecule has 1 N–H and O–H groups in total. The van der Waals surface area contributed by atoms with Crippen LogP contribution in [0.4, 0.5) is 5.69 Å². The molecular formula is C17H18Cl2N2O2. The van der Waals surface area contributed by atoms with Crippen LogP contribution in [0, 0.1) is 0 Å². The van der Waals surface area contributed by atoms with Crippen LogP contribution in [-0.4, -0.2) is 26.6 Å². The lowest BCUT2D eigenvalue weighted by Crippen LogP contribution is -2.28. The highest BCUT2D eigenvalue weighted by molar-refractivity contribution is 6.35. The van der Waals surface area contributed by atoms with E-state index in [0.29, 0.717) is 22.3 Å². The second-order valence-corrected chi connectivity index (χ2v) is 6.05. The number of benzene rings is 2. The minimum Gasteiger partial charge on any atom is -0.482 e. The summed E-state index contributed by atoms with van der Waals surface area (Å²) in [6, 6.07) is 12.8. The number of ether oxygens (including phenoxy) is 1. The van der Waals surface area contributed by atoms with Crippen LogP contribution in [0.1, 0.15) is 5.56 Å². The molecule has 0 aromatic heterocycles. The van der Waals surface area contributed by atoms with Gasteiger partial charge in [0, 0.05) is 31.4 Å². The van der Waals surface area contributed by atoms with Crippen LogP contribution in [-0.2, 0) is 11.3 Å². The van der Waals surface area contributed by atoms with Gasteiger partial charge in [0.15, 0.2) is 6.61 Å². The molecule has 0 saturated carbocycles. The van der Waals surface area contributed by atoms with Crippen LogP contribution >= 0.6 is 23.2 Å². The van der Waals surface area contributed by atoms with E-state index >= 15 is 0 Å². The summed E-state index contributed by atoms with van der Waals surface area (Å²) in [7, 11) is 3.95. The quantitative estimate of drug-likeness (QED) is 0.860. The summed E-state index contributed by atoms with van der Waals surface area (Å²) in [6.45, 7) is 0.340. The van der Waals surface area contributed by atoms with Crippen molar-refractivity contribution in [2.75, 3.05) is 25.6 Å². The molecule has 23 heavy (non-hydrogen) atoms. The Kier molecular flexibility index (Phi) is 6.13. The number of anilines is 1. The minimum absolute atomic E-state index is 0.102. The van der Waals surface area contributed by atoms with Gasteiger partial charge in [0.2, 0.25) is 0 Å². The van der Waals surface area contributed by atoms with E-state index in [-0.39, 0.29) is 12.5 Å². The van der Waals surface area contributed by atoms with Crippen molar-refractivity contribution in [1.82, 2.24) is 5.32 Å². The summed E-state index contributed by atoms with van der Waals surface area (Å²) < 4.78 is 5.39. The molecule has 4 nitrogen and oxygen atoms in total. The maximum absolute atomic E-state index is 11.9. The van der Waals surface area contributed by atoms with Gasteiger partial charge in [-0.25, -0.2) is 0 Å². The van der Waals surface area contributed by atoms with E-state index in [0.717, 1.165) is 11.3 Å². The zero-order valence-corrected chi connectivity index (χ0v) is 14.5. The van der Waals surface area contributed by atoms with Gasteiger partial charge >= 0.3 is 0 Å². The van der Waals surface area contributed by atoms with E-state index in [1.165, 1.54) is 0 Å². The Morgan fingerprint density at radius 1 is 1.17 bits per heavy atom. The number of hydrogen-bond donors (Lipinski definition) is 1. The zero-order chi connectivity index (χ0) is 16.8. The SMILES string of the molecule is CN(C)c1cccc(CNC(=O)COc2ccc(Cl)cc2Cl)c1. The monoisotopic (exact) mass is 352 g/mol. The average molecular weight is 353 g/mol. The fraction of sp³-hybridized carbons (Fsp3) is 0.235. The molecule has 0 heterocycles. The Morgan fingerprint density at radius 2 is 1.96 bits per heavy atom. The lowest BCUT2D eigenvalue weighted by molar-refractivity contribution is -0.123. The number of nitrogens with one attached hydrogen (secondary N) is 1. The highest BCUT2D eigenvalue weighted by Gasteiger charge is 2.07. The van der Waals surface area contributed by atoms with Crippen LogP contribution in [0.3, 0.4) is 0 Å². The molecule has 2 rings (SSSR count). The lowest BCUT2D eigenvalue weighted by Gasteiger charge is -2.14. The third kappa shape index (κ3) is 5.34. The molecule has 0 bridgehead atoms. The van der Waals surface area contributed by atoms with Crippen molar-refractivity contribution >= 4 is 34.8 Å². The number of rotatable bonds is 6. The maximum Gasteiger partial charge on any atom is 0.258 e. The zero-order valence-electron chi connectivity index (χ0n) is 13.0. The molecule has 0 fully saturated rings. The molecule has 0 aliphatic rings. The largest absolute Gasteiger partial charge is 0.482 e. The van der Waals surface area contributed by atoms with Gasteiger partial charge in [0.25, 0.3) is 5.91 Å². The van der Waals surface area contributed by atoms with Crippen molar-refractivity contribution in [3.05, 3.63) is 58.1 Å². The van der Waals surface area contributed by atoms with E-state index in [2.05, 4.69) is 5.32 Å². The molecule has 2 aromatic rings. The number of nitrogens with zero attached hydrogens (tertiary/aromatic N) is 1. The Hall–Kier alpha value is -1.91. The first-order valence-corrected chi connectivity index (χ1v) is 7.82. The van der Waals surface area contributed by atoms with E-state index in [4.69, 9.17) is 27.9 Å². The van der Waals surface area contributed by atoms with Crippen molar-refractivity contribution in [3.63, 3.8) is 0 Å². The molecule has 2 aromatic carbocycles. The highest BCUT2D eigenvalue weighted by Crippen LogP contribution is 2.27. The summed E-state index contributed by atoms with van der Waals surface area (Å²) in [5.74, 6) is 0.215. The second kappa shape index (κ2) is 8.09. The number of hydrogen-bond acceptors (Lipinski definition) is 3. The smallest absolute Gasteiger partial charge is 0.258 e. The Morgan fingerprint density at radius 3 is 2.65 bits per heavy atom. The minimum atomic E-state index is -0.216. The van der Waals surface area contributed by atoms with Gasteiger partial charge in [0.1, 0.15) is 5.75 Å². The van der Waals surface area contributed by atoms with Gasteiger partial charge in [-0.05, 0) is 35.9 Å². The molecule has 0 spiro atoms. The third-order valence-electron chi connectivity index (χ3n) is 3.17. The van der Waals surface area contributed by atoms with Crippen LogP contribution in [0.2, 0.25) is 10.0 Å². The fourth-order valence-corrected chi connectivity index (χ4v) is 2.39. The van der Waals surface area contributed by atoms with Crippen molar-refractivity contribution in [2.45, 2.75) is 6.54 Å². The first-order valence-electron chi connectivity index (χ1n) is 7.06. The van der Waals surface area contributed by atoms with E-state index in [1.54, 1.807) is 18.2 Å². The van der Waals surface area contributed by atoms with E-state index < -0.39 is 0 Å². The van der Waals surface area contributed by atoms with Gasteiger partial charge in [-0.2, -0.15) is 0 Å². The average Bonchev–Trinajstić information content (AvgIpc) is 2.52. The molecule has 122 valence electrons. The van der Waals surface area contributed by atoms with Crippen molar-refractivity contribution < 1.29 is 9.53 Å². The van der Waals surface area contributed by atoms with E-state index in [1.807, 2.05) is 43.3 Å². The Bertz CT molecular complexity index is 690. The predicted octanol–water partition coefficient (Wildman–Crippen LogP) is 3.75. The van der Waals surface area contributed by atoms with Crippen LogP contribution in [0.25, 0.3) is 0 Å². The summed E-state index contributed by atoms with van der Waals surface area (Å²) in [6.07, 6.45) is 0. The molecule has 6 heteroatoms. The first kappa shape index (κ1) is 17.4. The molecule has 0 saturated heterocycles. The number of carbonyl (C=O) groups is 1. The van der Waals surface area contributed by atoms with E-state index in [9.17, 15) is 4.79 Å². The lowest BCUT2D eigenvalue weighted by atomic mass is 10.2. The molecule has 1 amide bonds. The van der Waals surface area contributed by atoms with Gasteiger partial charge in [0.05, 0.1) is 5.02 Å². The normalized spacial score (nSPS) is 10.3. The van der Waals surface area contributed by atoms with Crippen molar-refractivity contribution in [1.29, 1.82) is 0 Å². The standard InChI is InChI=1S/C17H18Cl2N2O2/c1-21(2)14-5-3-4-12(8-14)10-20-17(22)11-23-16-7-6-13(18)9-15(16)19/h3-9H,10-11H2,1-2H3,(H,20,22). The van der Waals surface area contributed by atoms with Gasteiger partial charge in [-0.1, -0.05) is 35.3 Å². The molecule has 0 aliphatic heterocycles. The van der Waals surface area contributed by atoms with Gasteiger partial charge in [-0.15, -0.1) is 0 Å². The molecule has 0 unspecified atom stereocenters. The first-order chi connectivity index (χ1) is 11.0. The van der Waals surface area contributed by atoms with Gasteiger partial charge < -0.3 is 15.0 Å². The fourth-order valence-electron chi connectivity index (χ4n) is 1.93. The highest BCUT2D eigenvalue weighted by atomic mass is 35.5. The van der Waals surface area contributed by atoms with Crippen molar-refractivity contribution in [3.8, 4) is 5.75 Å². The number of amides is 1. The number of halogens is 2. The Balaban J connectivity index is 1.84. The molecule has 0 atom stereocenters. The van der Waals surface area contributed by atoms with Crippen LogP contribution in [0.15, 0.2) is 42.5 Å². The summed E-state index contributed by atoms with van der Waals surface area (Å²) in [5, 5.41) is 3.71. The van der Waals surface area contributed by atoms with Crippen LogP contribution < -0.4 is 15.0 Å². The van der Waals surface area contributed by atoms with Crippen LogP contribution in [0.5, 0.6) is 5.75 Å². The molecule has 0 aliphatic carbocycles. The molecular weight excluding hydrogens is 335 g/mol. The Labute approximate surface area is 146 Å². The topological polar surface area (TPSA) is 41.6 Å². The third-order valence-corrected chi connectivity index (χ3v) is 3.70. The maximum atomic E-state index is 11.9.